The first-order valence-electron chi connectivity index (χ1n) is 7.17. The van der Waals surface area contributed by atoms with Crippen molar-refractivity contribution < 1.29 is 0 Å². The van der Waals surface area contributed by atoms with Crippen LogP contribution in [0, 0.1) is 6.92 Å². The van der Waals surface area contributed by atoms with E-state index in [4.69, 9.17) is 11.6 Å². The van der Waals surface area contributed by atoms with Gasteiger partial charge in [0, 0.05) is 23.3 Å². The maximum absolute atomic E-state index is 6.17. The van der Waals surface area contributed by atoms with Crippen molar-refractivity contribution in [3.63, 3.8) is 0 Å². The predicted octanol–water partition coefficient (Wildman–Crippen LogP) is 4.75. The third-order valence-electron chi connectivity index (χ3n) is 3.28. The van der Waals surface area contributed by atoms with Crippen molar-refractivity contribution in [1.82, 2.24) is 15.0 Å². The molecule has 2 heterocycles. The molecular weight excluding hydrogens is 304 g/mol. The second-order valence-corrected chi connectivity index (χ2v) is 6.64. The lowest BCUT2D eigenvalue weighted by molar-refractivity contribution is 0.793. The van der Waals surface area contributed by atoms with E-state index < -0.39 is 0 Å². The van der Waals surface area contributed by atoms with Crippen molar-refractivity contribution in [1.29, 1.82) is 0 Å². The number of anilines is 1. The minimum Gasteiger partial charge on any atom is -0.362 e. The van der Waals surface area contributed by atoms with Gasteiger partial charge in [0.05, 0.1) is 16.7 Å². The van der Waals surface area contributed by atoms with Crippen molar-refractivity contribution >= 4 is 28.8 Å². The lowest BCUT2D eigenvalue weighted by atomic mass is 10.2. The lowest BCUT2D eigenvalue weighted by Crippen LogP contribution is -2.12. The smallest absolute Gasteiger partial charge is 0.137 e. The molecule has 0 radical (unpaired) electrons. The van der Waals surface area contributed by atoms with Gasteiger partial charge < -0.3 is 5.32 Å². The average molecular weight is 325 g/mol. The van der Waals surface area contributed by atoms with E-state index in [0.29, 0.717) is 11.1 Å². The SMILES string of the molecule is CCc1nc(Cl)c(C)c(NC(C)c2csc(C(C)C)n2)n1. The molecule has 4 nitrogen and oxygen atoms in total. The maximum Gasteiger partial charge on any atom is 0.137 e. The molecule has 2 aromatic heterocycles. The molecule has 6 heteroatoms. The van der Waals surface area contributed by atoms with Gasteiger partial charge in [0.2, 0.25) is 0 Å². The van der Waals surface area contributed by atoms with E-state index in [1.165, 1.54) is 0 Å². The first kappa shape index (κ1) is 16.2. The van der Waals surface area contributed by atoms with Crippen molar-refractivity contribution in [3.05, 3.63) is 32.6 Å². The van der Waals surface area contributed by atoms with E-state index in [2.05, 4.69) is 46.4 Å². The highest BCUT2D eigenvalue weighted by Crippen LogP contribution is 2.27. The number of nitrogens with one attached hydrogen (secondary N) is 1. The normalized spacial score (nSPS) is 12.7. The van der Waals surface area contributed by atoms with Gasteiger partial charge in [-0.3, -0.25) is 0 Å². The van der Waals surface area contributed by atoms with Crippen LogP contribution in [0.4, 0.5) is 5.82 Å². The van der Waals surface area contributed by atoms with E-state index in [1.807, 2.05) is 13.8 Å². The molecule has 1 N–H and O–H groups in total. The van der Waals surface area contributed by atoms with E-state index in [0.717, 1.165) is 34.3 Å². The Morgan fingerprint density at radius 2 is 1.95 bits per heavy atom. The molecule has 1 atom stereocenters. The second-order valence-electron chi connectivity index (χ2n) is 5.39. The lowest BCUT2D eigenvalue weighted by Gasteiger charge is -2.15. The fourth-order valence-electron chi connectivity index (χ4n) is 1.88. The third kappa shape index (κ3) is 3.71. The molecule has 0 aromatic carbocycles. The van der Waals surface area contributed by atoms with Gasteiger partial charge >= 0.3 is 0 Å². The van der Waals surface area contributed by atoms with Gasteiger partial charge in [-0.2, -0.15) is 0 Å². The molecule has 0 aliphatic rings. The fraction of sp³-hybridized carbons (Fsp3) is 0.533. The Labute approximate surface area is 135 Å². The highest BCUT2D eigenvalue weighted by atomic mass is 35.5. The van der Waals surface area contributed by atoms with E-state index >= 15 is 0 Å². The van der Waals surface area contributed by atoms with Crippen LogP contribution in [0.1, 0.15) is 61.7 Å². The highest BCUT2D eigenvalue weighted by Gasteiger charge is 2.15. The Bertz CT molecular complexity index is 624. The van der Waals surface area contributed by atoms with Crippen LogP contribution in [0.5, 0.6) is 0 Å². The number of aryl methyl sites for hydroxylation is 1. The second kappa shape index (κ2) is 6.71. The van der Waals surface area contributed by atoms with Gasteiger partial charge in [-0.15, -0.1) is 11.3 Å². The van der Waals surface area contributed by atoms with Crippen LogP contribution in [0.3, 0.4) is 0 Å². The van der Waals surface area contributed by atoms with Crippen molar-refractivity contribution in [3.8, 4) is 0 Å². The summed E-state index contributed by atoms with van der Waals surface area (Å²) in [7, 11) is 0. The molecular formula is C15H21ClN4S. The molecule has 114 valence electrons. The van der Waals surface area contributed by atoms with Crippen LogP contribution < -0.4 is 5.32 Å². The topological polar surface area (TPSA) is 50.7 Å². The fourth-order valence-corrected chi connectivity index (χ4v) is 2.99. The number of hydrogen-bond acceptors (Lipinski definition) is 5. The summed E-state index contributed by atoms with van der Waals surface area (Å²) < 4.78 is 0. The van der Waals surface area contributed by atoms with E-state index in [1.54, 1.807) is 11.3 Å². The van der Waals surface area contributed by atoms with Gasteiger partial charge in [-0.1, -0.05) is 32.4 Å². The zero-order valence-corrected chi connectivity index (χ0v) is 14.6. The van der Waals surface area contributed by atoms with Gasteiger partial charge in [-0.25, -0.2) is 15.0 Å². The van der Waals surface area contributed by atoms with Crippen LogP contribution >= 0.6 is 22.9 Å². The molecule has 0 saturated carbocycles. The molecule has 0 aliphatic carbocycles. The third-order valence-corrected chi connectivity index (χ3v) is 4.81. The highest BCUT2D eigenvalue weighted by molar-refractivity contribution is 7.09. The zero-order valence-electron chi connectivity index (χ0n) is 13.1. The quantitative estimate of drug-likeness (QED) is 0.806. The Morgan fingerprint density at radius 1 is 1.24 bits per heavy atom. The molecule has 0 fully saturated rings. The molecule has 2 rings (SSSR count). The Morgan fingerprint density at radius 3 is 2.52 bits per heavy atom. The number of thiazole rings is 1. The minimum atomic E-state index is 0.0862. The Balaban J connectivity index is 2.22. The Kier molecular flexibility index (Phi) is 5.17. The summed E-state index contributed by atoms with van der Waals surface area (Å²) in [6.07, 6.45) is 0.761. The maximum atomic E-state index is 6.17. The summed E-state index contributed by atoms with van der Waals surface area (Å²) in [4.78, 5) is 13.5. The standard InChI is InChI=1S/C15H21ClN4S/c1-6-12-19-13(16)9(4)14(20-12)17-10(5)11-7-21-15(18-11)8(2)3/h7-8,10H,6H2,1-5H3,(H,17,19,20). The van der Waals surface area contributed by atoms with Gasteiger partial charge in [0.15, 0.2) is 0 Å². The number of hydrogen-bond donors (Lipinski definition) is 1. The molecule has 1 unspecified atom stereocenters. The van der Waals surface area contributed by atoms with Crippen LogP contribution in [-0.2, 0) is 6.42 Å². The summed E-state index contributed by atoms with van der Waals surface area (Å²) >= 11 is 7.87. The monoisotopic (exact) mass is 324 g/mol. The number of aromatic nitrogens is 3. The average Bonchev–Trinajstić information content (AvgIpc) is 2.93. The first-order chi connectivity index (χ1) is 9.92. The molecule has 0 saturated heterocycles. The predicted molar refractivity (Wildman–Crippen MR) is 89.4 cm³/mol. The molecule has 21 heavy (non-hydrogen) atoms. The van der Waals surface area contributed by atoms with Crippen molar-refractivity contribution in [2.45, 2.75) is 53.0 Å². The van der Waals surface area contributed by atoms with Crippen molar-refractivity contribution in [2.75, 3.05) is 5.32 Å². The molecule has 0 aliphatic heterocycles. The van der Waals surface area contributed by atoms with Crippen LogP contribution in [-0.4, -0.2) is 15.0 Å². The number of nitrogens with zero attached hydrogens (tertiary/aromatic N) is 3. The van der Waals surface area contributed by atoms with E-state index in [-0.39, 0.29) is 6.04 Å². The molecule has 0 bridgehead atoms. The first-order valence-corrected chi connectivity index (χ1v) is 8.43. The molecule has 0 amide bonds. The summed E-state index contributed by atoms with van der Waals surface area (Å²) in [6.45, 7) is 10.3. The zero-order chi connectivity index (χ0) is 15.6. The van der Waals surface area contributed by atoms with Crippen molar-refractivity contribution in [2.24, 2.45) is 0 Å². The molecule has 0 spiro atoms. The van der Waals surface area contributed by atoms with Gasteiger partial charge in [0.1, 0.15) is 16.8 Å². The summed E-state index contributed by atoms with van der Waals surface area (Å²) in [5, 5.41) is 7.18. The summed E-state index contributed by atoms with van der Waals surface area (Å²) in [5.41, 5.74) is 1.91. The number of halogens is 1. The summed E-state index contributed by atoms with van der Waals surface area (Å²) in [6, 6.07) is 0.0862. The van der Waals surface area contributed by atoms with Crippen LogP contribution in [0.25, 0.3) is 0 Å². The van der Waals surface area contributed by atoms with Gasteiger partial charge in [-0.05, 0) is 13.8 Å². The molecule has 2 aromatic rings. The van der Waals surface area contributed by atoms with E-state index in [9.17, 15) is 0 Å². The Hall–Kier alpha value is -1.20. The van der Waals surface area contributed by atoms with Crippen LogP contribution in [0.2, 0.25) is 5.15 Å². The largest absolute Gasteiger partial charge is 0.362 e. The van der Waals surface area contributed by atoms with Gasteiger partial charge in [0.25, 0.3) is 0 Å². The minimum absolute atomic E-state index is 0.0862. The number of rotatable bonds is 5. The van der Waals surface area contributed by atoms with Crippen LogP contribution in [0.15, 0.2) is 5.38 Å². The summed E-state index contributed by atoms with van der Waals surface area (Å²) in [5.74, 6) is 2.00.